The Hall–Kier alpha value is -1.06. The summed E-state index contributed by atoms with van der Waals surface area (Å²) in [7, 11) is 1.73. The van der Waals surface area contributed by atoms with Gasteiger partial charge in [-0.3, -0.25) is 0 Å². The molecule has 1 rings (SSSR count). The number of hydrogen-bond donors (Lipinski definition) is 2. The molecule has 0 saturated carbocycles. The minimum atomic E-state index is 0.260. The third-order valence-electron chi connectivity index (χ3n) is 3.54. The van der Waals surface area contributed by atoms with Crippen LogP contribution in [0.25, 0.3) is 0 Å². The smallest absolute Gasteiger partial charge is 0.125 e. The highest BCUT2D eigenvalue weighted by Crippen LogP contribution is 2.25. The zero-order valence-electron chi connectivity index (χ0n) is 12.6. The van der Waals surface area contributed by atoms with Gasteiger partial charge in [-0.25, -0.2) is 0 Å². The fourth-order valence-corrected chi connectivity index (χ4v) is 2.39. The van der Waals surface area contributed by atoms with E-state index < -0.39 is 0 Å². The van der Waals surface area contributed by atoms with E-state index in [0.29, 0.717) is 5.92 Å². The van der Waals surface area contributed by atoms with Gasteiger partial charge in [0.05, 0.1) is 7.11 Å². The summed E-state index contributed by atoms with van der Waals surface area (Å²) in [4.78, 5) is 0. The molecule has 108 valence electrons. The minimum Gasteiger partial charge on any atom is -0.496 e. The highest BCUT2D eigenvalue weighted by Gasteiger charge is 2.08. The molecule has 1 aromatic carbocycles. The average Bonchev–Trinajstić information content (AvgIpc) is 2.38. The molecule has 0 saturated heterocycles. The van der Waals surface area contributed by atoms with Gasteiger partial charge in [-0.15, -0.1) is 0 Å². The summed E-state index contributed by atoms with van der Waals surface area (Å²) in [6.07, 6.45) is 1.96. The Labute approximate surface area is 117 Å². The summed E-state index contributed by atoms with van der Waals surface area (Å²) in [6, 6.07) is 4.34. The van der Waals surface area contributed by atoms with Gasteiger partial charge in [0.1, 0.15) is 5.75 Å². The normalized spacial score (nSPS) is 12.5. The van der Waals surface area contributed by atoms with Crippen LogP contribution in [-0.2, 0) is 6.42 Å². The average molecular weight is 265 g/mol. The monoisotopic (exact) mass is 265 g/mol. The standard InChI is InChI=1S/C16H27NO2/c1-5-14(11-18)10-17-7-6-15-9-12(2)8-13(3)16(15)19-4/h8-9,14,17-18H,5-7,10-11H2,1-4H3. The molecule has 19 heavy (non-hydrogen) atoms. The summed E-state index contributed by atoms with van der Waals surface area (Å²) < 4.78 is 5.48. The fourth-order valence-electron chi connectivity index (χ4n) is 2.39. The molecule has 0 heterocycles. The number of rotatable bonds is 8. The maximum Gasteiger partial charge on any atom is 0.125 e. The largest absolute Gasteiger partial charge is 0.496 e. The van der Waals surface area contributed by atoms with Crippen LogP contribution in [0.5, 0.6) is 5.75 Å². The van der Waals surface area contributed by atoms with Crippen LogP contribution in [0.15, 0.2) is 12.1 Å². The molecule has 0 bridgehead atoms. The Kier molecular flexibility index (Phi) is 6.89. The number of methoxy groups -OCH3 is 1. The first-order valence-corrected chi connectivity index (χ1v) is 7.08. The van der Waals surface area contributed by atoms with Gasteiger partial charge in [-0.2, -0.15) is 0 Å². The van der Waals surface area contributed by atoms with Gasteiger partial charge in [0.2, 0.25) is 0 Å². The van der Waals surface area contributed by atoms with E-state index in [0.717, 1.165) is 31.7 Å². The van der Waals surface area contributed by atoms with Gasteiger partial charge in [0.15, 0.2) is 0 Å². The molecule has 1 atom stereocenters. The van der Waals surface area contributed by atoms with Crippen LogP contribution in [0.3, 0.4) is 0 Å². The number of aliphatic hydroxyl groups excluding tert-OH is 1. The minimum absolute atomic E-state index is 0.260. The van der Waals surface area contributed by atoms with Crippen LogP contribution < -0.4 is 10.1 Å². The highest BCUT2D eigenvalue weighted by molar-refractivity contribution is 5.43. The van der Waals surface area contributed by atoms with Crippen molar-refractivity contribution in [1.82, 2.24) is 5.32 Å². The van der Waals surface area contributed by atoms with Crippen LogP contribution in [0.1, 0.15) is 30.0 Å². The molecular formula is C16H27NO2. The zero-order valence-corrected chi connectivity index (χ0v) is 12.6. The van der Waals surface area contributed by atoms with E-state index in [4.69, 9.17) is 9.84 Å². The molecule has 3 heteroatoms. The SMILES string of the molecule is CCC(CO)CNCCc1cc(C)cc(C)c1OC. The van der Waals surface area contributed by atoms with Crippen molar-refractivity contribution in [1.29, 1.82) is 0 Å². The van der Waals surface area contributed by atoms with Crippen molar-refractivity contribution in [3.8, 4) is 5.75 Å². The molecule has 0 spiro atoms. The Balaban J connectivity index is 2.53. The van der Waals surface area contributed by atoms with E-state index in [1.807, 2.05) is 0 Å². The molecule has 1 unspecified atom stereocenters. The molecule has 1 aromatic rings. The van der Waals surface area contributed by atoms with E-state index in [9.17, 15) is 0 Å². The lowest BCUT2D eigenvalue weighted by Gasteiger charge is -2.15. The van der Waals surface area contributed by atoms with Gasteiger partial charge in [-0.05, 0) is 50.3 Å². The molecule has 0 aliphatic carbocycles. The van der Waals surface area contributed by atoms with E-state index in [-0.39, 0.29) is 6.61 Å². The van der Waals surface area contributed by atoms with Crippen molar-refractivity contribution in [2.24, 2.45) is 5.92 Å². The lowest BCUT2D eigenvalue weighted by atomic mass is 10.0. The number of ether oxygens (including phenoxy) is 1. The first-order valence-electron chi connectivity index (χ1n) is 7.08. The zero-order chi connectivity index (χ0) is 14.3. The number of aryl methyl sites for hydroxylation is 2. The summed E-state index contributed by atoms with van der Waals surface area (Å²) in [5.74, 6) is 1.36. The lowest BCUT2D eigenvalue weighted by Crippen LogP contribution is -2.26. The van der Waals surface area contributed by atoms with Crippen LogP contribution in [-0.4, -0.2) is 31.9 Å². The summed E-state index contributed by atoms with van der Waals surface area (Å²) in [5.41, 5.74) is 3.72. The number of nitrogens with one attached hydrogen (secondary N) is 1. The summed E-state index contributed by atoms with van der Waals surface area (Å²) >= 11 is 0. The van der Waals surface area contributed by atoms with Crippen molar-refractivity contribution in [3.05, 3.63) is 28.8 Å². The molecule has 0 aliphatic rings. The van der Waals surface area contributed by atoms with Crippen molar-refractivity contribution in [2.75, 3.05) is 26.8 Å². The van der Waals surface area contributed by atoms with E-state index in [1.54, 1.807) is 7.11 Å². The first-order chi connectivity index (χ1) is 9.12. The van der Waals surface area contributed by atoms with Crippen LogP contribution in [0.4, 0.5) is 0 Å². The Morgan fingerprint density at radius 3 is 2.63 bits per heavy atom. The molecule has 0 aromatic heterocycles. The van der Waals surface area contributed by atoms with E-state index in [2.05, 4.69) is 38.2 Å². The topological polar surface area (TPSA) is 41.5 Å². The Morgan fingerprint density at radius 2 is 2.05 bits per heavy atom. The molecule has 2 N–H and O–H groups in total. The van der Waals surface area contributed by atoms with Gasteiger partial charge in [0.25, 0.3) is 0 Å². The Bertz CT molecular complexity index is 387. The molecule has 0 aliphatic heterocycles. The molecule has 0 amide bonds. The fraction of sp³-hybridized carbons (Fsp3) is 0.625. The number of hydrogen-bond acceptors (Lipinski definition) is 3. The second-order valence-electron chi connectivity index (χ2n) is 5.19. The first kappa shape index (κ1) is 16.0. The van der Waals surface area contributed by atoms with Gasteiger partial charge < -0.3 is 15.2 Å². The van der Waals surface area contributed by atoms with E-state index >= 15 is 0 Å². The van der Waals surface area contributed by atoms with Gasteiger partial charge in [-0.1, -0.05) is 24.6 Å². The van der Waals surface area contributed by atoms with Crippen molar-refractivity contribution >= 4 is 0 Å². The maximum absolute atomic E-state index is 9.14. The quantitative estimate of drug-likeness (QED) is 0.710. The second-order valence-corrected chi connectivity index (χ2v) is 5.19. The molecule has 3 nitrogen and oxygen atoms in total. The number of aliphatic hydroxyl groups is 1. The predicted octanol–water partition coefficient (Wildman–Crippen LogP) is 2.46. The van der Waals surface area contributed by atoms with Crippen LogP contribution in [0.2, 0.25) is 0 Å². The number of benzene rings is 1. The highest BCUT2D eigenvalue weighted by atomic mass is 16.5. The van der Waals surface area contributed by atoms with Gasteiger partial charge >= 0.3 is 0 Å². The third kappa shape index (κ3) is 4.84. The second kappa shape index (κ2) is 8.18. The lowest BCUT2D eigenvalue weighted by molar-refractivity contribution is 0.219. The van der Waals surface area contributed by atoms with Crippen molar-refractivity contribution in [2.45, 2.75) is 33.6 Å². The van der Waals surface area contributed by atoms with E-state index in [1.165, 1.54) is 16.7 Å². The van der Waals surface area contributed by atoms with Crippen molar-refractivity contribution in [3.63, 3.8) is 0 Å². The maximum atomic E-state index is 9.14. The Morgan fingerprint density at radius 1 is 1.32 bits per heavy atom. The molecular weight excluding hydrogens is 238 g/mol. The van der Waals surface area contributed by atoms with Crippen molar-refractivity contribution < 1.29 is 9.84 Å². The summed E-state index contributed by atoms with van der Waals surface area (Å²) in [5, 5.41) is 12.5. The predicted molar refractivity (Wildman–Crippen MR) is 79.9 cm³/mol. The molecule has 0 radical (unpaired) electrons. The van der Waals surface area contributed by atoms with Crippen LogP contribution >= 0.6 is 0 Å². The third-order valence-corrected chi connectivity index (χ3v) is 3.54. The van der Waals surface area contributed by atoms with Gasteiger partial charge in [0, 0.05) is 13.2 Å². The molecule has 0 fully saturated rings. The summed E-state index contributed by atoms with van der Waals surface area (Å²) in [6.45, 7) is 8.35. The van der Waals surface area contributed by atoms with Crippen LogP contribution in [0, 0.1) is 19.8 Å².